The molecule has 1 aromatic rings. The molecule has 7 heteroatoms. The normalized spacial score (nSPS) is 24.8. The van der Waals surface area contributed by atoms with Crippen LogP contribution >= 0.6 is 0 Å². The lowest BCUT2D eigenvalue weighted by Crippen LogP contribution is -2.60. The number of rotatable bonds is 2. The molecule has 0 spiro atoms. The molecule has 1 atom stereocenters. The van der Waals surface area contributed by atoms with Gasteiger partial charge in [-0.15, -0.1) is 0 Å². The van der Waals surface area contributed by atoms with Gasteiger partial charge in [0.15, 0.2) is 0 Å². The number of aromatic nitrogens is 1. The lowest BCUT2D eigenvalue weighted by molar-refractivity contribution is 0.130. The fourth-order valence-electron chi connectivity index (χ4n) is 3.01. The molecule has 6 nitrogen and oxygen atoms in total. The van der Waals surface area contributed by atoms with E-state index in [1.807, 2.05) is 13.0 Å². The van der Waals surface area contributed by atoms with Crippen molar-refractivity contribution in [3.8, 4) is 0 Å². The lowest BCUT2D eigenvalue weighted by Gasteiger charge is -2.43. The monoisotopic (exact) mass is 309 g/mol. The molecule has 21 heavy (non-hydrogen) atoms. The molecular weight excluding hydrogens is 290 g/mol. The molecule has 2 aliphatic rings. The van der Waals surface area contributed by atoms with E-state index in [4.69, 9.17) is 0 Å². The highest BCUT2D eigenvalue weighted by Crippen LogP contribution is 2.28. The summed E-state index contributed by atoms with van der Waals surface area (Å²) in [4.78, 5) is 18.4. The number of carbonyl (C=O) groups excluding carboxylic acids is 1. The van der Waals surface area contributed by atoms with Crippen LogP contribution in [0.5, 0.6) is 0 Å². The Morgan fingerprint density at radius 3 is 2.95 bits per heavy atom. The highest BCUT2D eigenvalue weighted by molar-refractivity contribution is 7.89. The second-order valence-corrected chi connectivity index (χ2v) is 7.62. The first-order valence-electron chi connectivity index (χ1n) is 7.20. The zero-order valence-electron chi connectivity index (χ0n) is 12.0. The van der Waals surface area contributed by atoms with Crippen molar-refractivity contribution < 1.29 is 13.2 Å². The fraction of sp³-hybridized carbons (Fsp3) is 0.571. The minimum absolute atomic E-state index is 0.0249. The Hall–Kier alpha value is -1.63. The van der Waals surface area contributed by atoms with Gasteiger partial charge < -0.3 is 4.90 Å². The number of amides is 2. The maximum absolute atomic E-state index is 12.5. The summed E-state index contributed by atoms with van der Waals surface area (Å²) in [6.45, 7) is 2.54. The summed E-state index contributed by atoms with van der Waals surface area (Å²) in [7, 11) is -3.56. The van der Waals surface area contributed by atoms with E-state index in [2.05, 4.69) is 4.98 Å². The summed E-state index contributed by atoms with van der Waals surface area (Å²) in [5, 5.41) is 0. The van der Waals surface area contributed by atoms with Crippen LogP contribution in [0.1, 0.15) is 30.5 Å². The first-order chi connectivity index (χ1) is 9.99. The third-order valence-corrected chi connectivity index (χ3v) is 6.00. The molecule has 0 saturated carbocycles. The average Bonchev–Trinajstić information content (AvgIpc) is 2.45. The Kier molecular flexibility index (Phi) is 3.61. The maximum atomic E-state index is 12.5. The lowest BCUT2D eigenvalue weighted by atomic mass is 10.0. The Morgan fingerprint density at radius 1 is 1.38 bits per heavy atom. The van der Waals surface area contributed by atoms with E-state index >= 15 is 0 Å². The molecule has 2 saturated heterocycles. The van der Waals surface area contributed by atoms with Crippen molar-refractivity contribution >= 4 is 16.1 Å². The molecule has 3 heterocycles. The van der Waals surface area contributed by atoms with Gasteiger partial charge in [-0.1, -0.05) is 6.07 Å². The van der Waals surface area contributed by atoms with Crippen LogP contribution < -0.4 is 0 Å². The molecule has 0 aromatic carbocycles. The number of fused-ring (bicyclic) bond motifs is 1. The Balaban J connectivity index is 1.89. The van der Waals surface area contributed by atoms with Crippen LogP contribution in [0.4, 0.5) is 4.79 Å². The van der Waals surface area contributed by atoms with E-state index in [0.29, 0.717) is 12.2 Å². The summed E-state index contributed by atoms with van der Waals surface area (Å²) < 4.78 is 25.8. The zero-order chi connectivity index (χ0) is 15.0. The van der Waals surface area contributed by atoms with Gasteiger partial charge >= 0.3 is 6.03 Å². The first kappa shape index (κ1) is 14.3. The third kappa shape index (κ3) is 2.62. The molecule has 3 rings (SSSR count). The van der Waals surface area contributed by atoms with Crippen LogP contribution in [-0.4, -0.2) is 47.0 Å². The van der Waals surface area contributed by atoms with E-state index in [-0.39, 0.29) is 18.3 Å². The summed E-state index contributed by atoms with van der Waals surface area (Å²) in [5.41, 5.74) is 1.52. The van der Waals surface area contributed by atoms with Crippen LogP contribution in [0.15, 0.2) is 18.3 Å². The van der Waals surface area contributed by atoms with E-state index in [0.717, 1.165) is 29.1 Å². The fourth-order valence-corrected chi connectivity index (χ4v) is 4.68. The van der Waals surface area contributed by atoms with E-state index < -0.39 is 16.1 Å². The SMILES string of the molecule is Cc1cccnc1CN1C(=O)N2CCCCC2CS1(=O)=O. The first-order valence-corrected chi connectivity index (χ1v) is 8.81. The molecule has 2 amide bonds. The highest BCUT2D eigenvalue weighted by Gasteiger charge is 2.43. The van der Waals surface area contributed by atoms with Crippen LogP contribution in [0.25, 0.3) is 0 Å². The van der Waals surface area contributed by atoms with Crippen molar-refractivity contribution in [2.24, 2.45) is 0 Å². The molecule has 0 radical (unpaired) electrons. The Morgan fingerprint density at radius 2 is 2.19 bits per heavy atom. The summed E-state index contributed by atoms with van der Waals surface area (Å²) in [6.07, 6.45) is 4.33. The summed E-state index contributed by atoms with van der Waals surface area (Å²) in [6, 6.07) is 3.12. The van der Waals surface area contributed by atoms with E-state index in [1.165, 1.54) is 0 Å². The van der Waals surface area contributed by atoms with E-state index in [9.17, 15) is 13.2 Å². The standard InChI is InChI=1S/C14H19N3O3S/c1-11-5-4-7-15-13(11)9-17-14(18)16-8-3-2-6-12(16)10-21(17,19)20/h4-5,7,12H,2-3,6,8-10H2,1H3. The van der Waals surface area contributed by atoms with Crippen LogP contribution in [0.2, 0.25) is 0 Å². The van der Waals surface area contributed by atoms with Crippen LogP contribution in [0, 0.1) is 6.92 Å². The minimum atomic E-state index is -3.56. The highest BCUT2D eigenvalue weighted by atomic mass is 32.2. The van der Waals surface area contributed by atoms with Gasteiger partial charge in [0.05, 0.1) is 18.0 Å². The number of sulfonamides is 1. The molecule has 0 N–H and O–H groups in total. The van der Waals surface area contributed by atoms with Crippen molar-refractivity contribution in [1.29, 1.82) is 0 Å². The molecule has 114 valence electrons. The van der Waals surface area contributed by atoms with Crippen LogP contribution in [-0.2, 0) is 16.6 Å². The van der Waals surface area contributed by atoms with Gasteiger partial charge in [0.1, 0.15) is 0 Å². The Labute approximate surface area is 124 Å². The Bertz CT molecular complexity index is 659. The number of pyridine rings is 1. The summed E-state index contributed by atoms with van der Waals surface area (Å²) in [5.74, 6) is 0.0324. The second-order valence-electron chi connectivity index (χ2n) is 5.68. The molecule has 2 aliphatic heterocycles. The van der Waals surface area contributed by atoms with Crippen molar-refractivity contribution in [3.63, 3.8) is 0 Å². The van der Waals surface area contributed by atoms with Gasteiger partial charge in [0, 0.05) is 18.8 Å². The number of hydrogen-bond acceptors (Lipinski definition) is 4. The third-order valence-electron chi connectivity index (χ3n) is 4.24. The zero-order valence-corrected chi connectivity index (χ0v) is 12.8. The van der Waals surface area contributed by atoms with Gasteiger partial charge in [-0.3, -0.25) is 4.98 Å². The second kappa shape index (κ2) is 5.29. The average molecular weight is 309 g/mol. The number of nitrogens with zero attached hydrogens (tertiary/aromatic N) is 3. The minimum Gasteiger partial charge on any atom is -0.320 e. The molecule has 0 bridgehead atoms. The topological polar surface area (TPSA) is 70.6 Å². The van der Waals surface area contributed by atoms with Gasteiger partial charge in [0.2, 0.25) is 10.0 Å². The smallest absolute Gasteiger partial charge is 0.320 e. The van der Waals surface area contributed by atoms with Crippen molar-refractivity contribution in [1.82, 2.24) is 14.2 Å². The van der Waals surface area contributed by atoms with Gasteiger partial charge in [-0.25, -0.2) is 17.5 Å². The number of urea groups is 1. The predicted molar refractivity (Wildman–Crippen MR) is 78.0 cm³/mol. The molecular formula is C14H19N3O3S. The molecule has 2 fully saturated rings. The number of hydrogen-bond donors (Lipinski definition) is 0. The quantitative estimate of drug-likeness (QED) is 0.830. The van der Waals surface area contributed by atoms with Gasteiger partial charge in [0.25, 0.3) is 0 Å². The molecule has 1 unspecified atom stereocenters. The molecule has 0 aliphatic carbocycles. The van der Waals surface area contributed by atoms with Gasteiger partial charge in [-0.05, 0) is 37.8 Å². The number of aryl methyl sites for hydroxylation is 1. The largest absolute Gasteiger partial charge is 0.334 e. The molecule has 1 aromatic heterocycles. The number of carbonyl (C=O) groups is 1. The van der Waals surface area contributed by atoms with Crippen molar-refractivity contribution in [3.05, 3.63) is 29.6 Å². The van der Waals surface area contributed by atoms with Crippen molar-refractivity contribution in [2.75, 3.05) is 12.3 Å². The van der Waals surface area contributed by atoms with Gasteiger partial charge in [-0.2, -0.15) is 0 Å². The van der Waals surface area contributed by atoms with Crippen molar-refractivity contribution in [2.45, 2.75) is 38.8 Å². The predicted octanol–water partition coefficient (Wildman–Crippen LogP) is 1.51. The number of piperidine rings is 1. The van der Waals surface area contributed by atoms with E-state index in [1.54, 1.807) is 17.2 Å². The summed E-state index contributed by atoms with van der Waals surface area (Å²) >= 11 is 0. The van der Waals surface area contributed by atoms with Crippen LogP contribution in [0.3, 0.4) is 0 Å². The maximum Gasteiger partial charge on any atom is 0.334 e.